The summed E-state index contributed by atoms with van der Waals surface area (Å²) in [6, 6.07) is 17.4. The van der Waals surface area contributed by atoms with Crippen LogP contribution in [-0.4, -0.2) is 20.2 Å². The fourth-order valence-corrected chi connectivity index (χ4v) is 2.75. The van der Waals surface area contributed by atoms with Crippen LogP contribution in [0.3, 0.4) is 0 Å². The predicted octanol–water partition coefficient (Wildman–Crippen LogP) is 2.90. The molecule has 5 heteroatoms. The van der Waals surface area contributed by atoms with E-state index in [9.17, 15) is 0 Å². The number of tetrazole rings is 1. The molecule has 0 aliphatic heterocycles. The molecule has 24 heavy (non-hydrogen) atoms. The zero-order valence-electron chi connectivity index (χ0n) is 14.4. The summed E-state index contributed by atoms with van der Waals surface area (Å²) in [5.41, 5.74) is 5.21. The van der Waals surface area contributed by atoms with Gasteiger partial charge in [-0.25, -0.2) is 0 Å². The van der Waals surface area contributed by atoms with Crippen LogP contribution in [-0.2, 0) is 20.0 Å². The van der Waals surface area contributed by atoms with E-state index >= 15 is 0 Å². The van der Waals surface area contributed by atoms with Gasteiger partial charge in [-0.3, -0.25) is 0 Å². The van der Waals surface area contributed by atoms with Crippen molar-refractivity contribution in [1.82, 2.24) is 25.5 Å². The number of nitrogens with one attached hydrogen (secondary N) is 1. The molecule has 0 spiro atoms. The molecule has 0 aliphatic carbocycles. The topological polar surface area (TPSA) is 55.6 Å². The highest BCUT2D eigenvalue weighted by molar-refractivity contribution is 5.33. The van der Waals surface area contributed by atoms with Crippen LogP contribution in [0.25, 0.3) is 0 Å². The lowest BCUT2D eigenvalue weighted by Crippen LogP contribution is -2.24. The second-order valence-electron chi connectivity index (χ2n) is 6.16. The van der Waals surface area contributed by atoms with Gasteiger partial charge in [0.25, 0.3) is 0 Å². The molecule has 3 aromatic rings. The summed E-state index contributed by atoms with van der Waals surface area (Å²) in [4.78, 5) is 1.49. The smallest absolute Gasteiger partial charge is 0.188 e. The molecule has 1 atom stereocenters. The summed E-state index contributed by atoms with van der Waals surface area (Å²) in [6.07, 6.45) is 0.920. The maximum Gasteiger partial charge on any atom is 0.188 e. The van der Waals surface area contributed by atoms with Gasteiger partial charge in [0.2, 0.25) is 0 Å². The minimum absolute atomic E-state index is 0.204. The minimum atomic E-state index is 0.204. The van der Waals surface area contributed by atoms with Gasteiger partial charge >= 0.3 is 0 Å². The van der Waals surface area contributed by atoms with E-state index in [0.29, 0.717) is 12.4 Å². The van der Waals surface area contributed by atoms with Crippen LogP contribution in [0.5, 0.6) is 0 Å². The van der Waals surface area contributed by atoms with Crippen molar-refractivity contribution in [3.8, 4) is 0 Å². The molecule has 1 aromatic heterocycles. The van der Waals surface area contributed by atoms with Crippen molar-refractivity contribution in [2.75, 3.05) is 0 Å². The van der Waals surface area contributed by atoms with E-state index in [1.165, 1.54) is 27.1 Å². The van der Waals surface area contributed by atoms with Crippen molar-refractivity contribution in [2.45, 2.75) is 32.9 Å². The summed E-state index contributed by atoms with van der Waals surface area (Å²) in [7, 11) is 1.78. The molecule has 1 N–H and O–H groups in total. The van der Waals surface area contributed by atoms with Crippen molar-refractivity contribution in [3.05, 3.63) is 76.6 Å². The first-order chi connectivity index (χ1) is 11.6. The molecule has 124 valence electrons. The Bertz CT molecular complexity index is 795. The summed E-state index contributed by atoms with van der Waals surface area (Å²) < 4.78 is 0. The Balaban J connectivity index is 1.80. The summed E-state index contributed by atoms with van der Waals surface area (Å²) >= 11 is 0. The van der Waals surface area contributed by atoms with E-state index in [-0.39, 0.29) is 6.04 Å². The van der Waals surface area contributed by atoms with E-state index in [1.807, 2.05) is 6.07 Å². The van der Waals surface area contributed by atoms with Gasteiger partial charge in [0.1, 0.15) is 0 Å². The van der Waals surface area contributed by atoms with Gasteiger partial charge < -0.3 is 5.32 Å². The third-order valence-electron chi connectivity index (χ3n) is 4.27. The van der Waals surface area contributed by atoms with E-state index in [1.54, 1.807) is 7.05 Å². The molecular weight excluding hydrogens is 298 g/mol. The molecular formula is C19H23N5. The lowest BCUT2D eigenvalue weighted by Gasteiger charge is -2.20. The lowest BCUT2D eigenvalue weighted by atomic mass is 9.96. The highest BCUT2D eigenvalue weighted by atomic mass is 15.6. The van der Waals surface area contributed by atoms with Crippen LogP contribution in [0.4, 0.5) is 0 Å². The molecule has 2 aromatic carbocycles. The number of aryl methyl sites for hydroxylation is 3. The molecule has 3 rings (SSSR count). The van der Waals surface area contributed by atoms with Crippen molar-refractivity contribution >= 4 is 0 Å². The maximum absolute atomic E-state index is 4.25. The normalized spacial score (nSPS) is 12.3. The molecule has 0 fully saturated rings. The second kappa shape index (κ2) is 7.36. The van der Waals surface area contributed by atoms with E-state index < -0.39 is 0 Å². The largest absolute Gasteiger partial charge is 0.302 e. The molecule has 0 saturated carbocycles. The quantitative estimate of drug-likeness (QED) is 0.758. The molecule has 5 nitrogen and oxygen atoms in total. The maximum atomic E-state index is 4.25. The van der Waals surface area contributed by atoms with Gasteiger partial charge in [-0.1, -0.05) is 48.5 Å². The zero-order chi connectivity index (χ0) is 16.9. The Morgan fingerprint density at radius 3 is 2.50 bits per heavy atom. The van der Waals surface area contributed by atoms with Gasteiger partial charge in [-0.05, 0) is 47.7 Å². The summed E-state index contributed by atoms with van der Waals surface area (Å²) in [6.45, 7) is 4.89. The number of benzene rings is 2. The predicted molar refractivity (Wildman–Crippen MR) is 94.4 cm³/mol. The number of hydrogen-bond donors (Lipinski definition) is 1. The summed E-state index contributed by atoms with van der Waals surface area (Å²) in [5, 5.41) is 15.8. The first kappa shape index (κ1) is 16.3. The number of hydrogen-bond acceptors (Lipinski definition) is 4. The third kappa shape index (κ3) is 4.06. The van der Waals surface area contributed by atoms with E-state index in [2.05, 4.69) is 77.0 Å². The first-order valence-corrected chi connectivity index (χ1v) is 8.19. The Hall–Kier alpha value is -2.53. The first-order valence-electron chi connectivity index (χ1n) is 8.19. The van der Waals surface area contributed by atoms with Gasteiger partial charge in [0.15, 0.2) is 5.82 Å². The summed E-state index contributed by atoms with van der Waals surface area (Å²) in [5.74, 6) is 0.708. The molecule has 0 unspecified atom stereocenters. The van der Waals surface area contributed by atoms with Crippen molar-refractivity contribution in [2.24, 2.45) is 7.05 Å². The van der Waals surface area contributed by atoms with Crippen LogP contribution < -0.4 is 5.32 Å². The van der Waals surface area contributed by atoms with E-state index in [4.69, 9.17) is 0 Å². The SMILES string of the molecule is Cc1ccc([C@@H](Cc2ccccc2)NCc2nnn(C)n2)cc1C. The van der Waals surface area contributed by atoms with Crippen molar-refractivity contribution in [3.63, 3.8) is 0 Å². The molecule has 1 heterocycles. The molecule has 0 aliphatic rings. The Labute approximate surface area is 142 Å². The van der Waals surface area contributed by atoms with Crippen LogP contribution in [0, 0.1) is 13.8 Å². The second-order valence-corrected chi connectivity index (χ2v) is 6.16. The molecule has 0 radical (unpaired) electrons. The van der Waals surface area contributed by atoms with Crippen LogP contribution in [0.1, 0.15) is 34.1 Å². The lowest BCUT2D eigenvalue weighted by molar-refractivity contribution is 0.517. The molecule has 0 amide bonds. The monoisotopic (exact) mass is 321 g/mol. The zero-order valence-corrected chi connectivity index (χ0v) is 14.4. The van der Waals surface area contributed by atoms with Gasteiger partial charge in [-0.2, -0.15) is 4.80 Å². The Kier molecular flexibility index (Phi) is 5.01. The van der Waals surface area contributed by atoms with Crippen LogP contribution >= 0.6 is 0 Å². The van der Waals surface area contributed by atoms with Gasteiger partial charge in [0, 0.05) is 6.04 Å². The van der Waals surface area contributed by atoms with Crippen LogP contribution in [0.15, 0.2) is 48.5 Å². The van der Waals surface area contributed by atoms with E-state index in [0.717, 1.165) is 6.42 Å². The van der Waals surface area contributed by atoms with Crippen LogP contribution in [0.2, 0.25) is 0 Å². The fourth-order valence-electron chi connectivity index (χ4n) is 2.75. The Morgan fingerprint density at radius 2 is 1.83 bits per heavy atom. The molecule has 0 bridgehead atoms. The average Bonchev–Trinajstić information content (AvgIpc) is 3.00. The number of aromatic nitrogens is 4. The minimum Gasteiger partial charge on any atom is -0.302 e. The highest BCUT2D eigenvalue weighted by Gasteiger charge is 2.14. The van der Waals surface area contributed by atoms with Gasteiger partial charge in [0.05, 0.1) is 13.6 Å². The third-order valence-corrected chi connectivity index (χ3v) is 4.27. The highest BCUT2D eigenvalue weighted by Crippen LogP contribution is 2.21. The average molecular weight is 321 g/mol. The number of nitrogens with zero attached hydrogens (tertiary/aromatic N) is 4. The standard InChI is InChI=1S/C19H23N5/c1-14-9-10-17(11-15(14)2)18(12-16-7-5-4-6-8-16)20-13-19-21-23-24(3)22-19/h4-11,18,20H,12-13H2,1-3H3/t18-/m1/s1. The Morgan fingerprint density at radius 1 is 1.04 bits per heavy atom. The van der Waals surface area contributed by atoms with Gasteiger partial charge in [-0.15, -0.1) is 10.2 Å². The fraction of sp³-hybridized carbons (Fsp3) is 0.316. The number of rotatable bonds is 6. The van der Waals surface area contributed by atoms with Crippen molar-refractivity contribution in [1.29, 1.82) is 0 Å². The van der Waals surface area contributed by atoms with Crippen molar-refractivity contribution < 1.29 is 0 Å². The molecule has 0 saturated heterocycles.